The third kappa shape index (κ3) is 2.85. The SMILES string of the molecule is CCCC[C@H](O)c1ccccc1C. The predicted octanol–water partition coefficient (Wildman–Crippen LogP) is 3.22. The molecule has 72 valence electrons. The maximum absolute atomic E-state index is 9.83. The molecule has 0 radical (unpaired) electrons. The minimum absolute atomic E-state index is 0.277. The molecule has 0 aliphatic rings. The van der Waals surface area contributed by atoms with Crippen LogP contribution in [0.25, 0.3) is 0 Å². The van der Waals surface area contributed by atoms with Crippen molar-refractivity contribution in [3.63, 3.8) is 0 Å². The summed E-state index contributed by atoms with van der Waals surface area (Å²) in [5, 5.41) is 9.83. The highest BCUT2D eigenvalue weighted by Crippen LogP contribution is 2.21. The van der Waals surface area contributed by atoms with E-state index in [0.717, 1.165) is 24.8 Å². The Balaban J connectivity index is 2.65. The fraction of sp³-hybridized carbons (Fsp3) is 0.500. The van der Waals surface area contributed by atoms with Gasteiger partial charge in [-0.15, -0.1) is 0 Å². The van der Waals surface area contributed by atoms with Gasteiger partial charge in [-0.2, -0.15) is 0 Å². The van der Waals surface area contributed by atoms with E-state index < -0.39 is 0 Å². The Morgan fingerprint density at radius 1 is 1.31 bits per heavy atom. The van der Waals surface area contributed by atoms with Crippen LogP contribution in [-0.2, 0) is 0 Å². The van der Waals surface area contributed by atoms with Crippen LogP contribution in [0.3, 0.4) is 0 Å². The molecule has 1 aromatic rings. The zero-order valence-electron chi connectivity index (χ0n) is 8.46. The molecule has 1 rings (SSSR count). The van der Waals surface area contributed by atoms with Gasteiger partial charge in [-0.25, -0.2) is 0 Å². The number of aliphatic hydroxyl groups excluding tert-OH is 1. The van der Waals surface area contributed by atoms with Crippen LogP contribution in [0.5, 0.6) is 0 Å². The highest BCUT2D eigenvalue weighted by molar-refractivity contribution is 5.27. The number of aliphatic hydroxyl groups is 1. The van der Waals surface area contributed by atoms with Gasteiger partial charge in [0.15, 0.2) is 0 Å². The van der Waals surface area contributed by atoms with Crippen molar-refractivity contribution in [2.24, 2.45) is 0 Å². The molecular weight excluding hydrogens is 160 g/mol. The minimum atomic E-state index is -0.277. The Hall–Kier alpha value is -0.820. The summed E-state index contributed by atoms with van der Waals surface area (Å²) in [6, 6.07) is 8.04. The Kier molecular flexibility index (Phi) is 3.97. The van der Waals surface area contributed by atoms with Crippen molar-refractivity contribution in [2.75, 3.05) is 0 Å². The highest BCUT2D eigenvalue weighted by atomic mass is 16.3. The summed E-state index contributed by atoms with van der Waals surface area (Å²) in [5.41, 5.74) is 2.27. The molecule has 0 aromatic heterocycles. The number of hydrogen-bond acceptors (Lipinski definition) is 1. The van der Waals surface area contributed by atoms with E-state index in [1.165, 1.54) is 5.56 Å². The number of hydrogen-bond donors (Lipinski definition) is 1. The second-order valence-corrected chi connectivity index (χ2v) is 3.51. The maximum Gasteiger partial charge on any atom is 0.0792 e. The summed E-state index contributed by atoms with van der Waals surface area (Å²) in [6.07, 6.45) is 2.83. The van der Waals surface area contributed by atoms with E-state index >= 15 is 0 Å². The first-order valence-electron chi connectivity index (χ1n) is 4.99. The van der Waals surface area contributed by atoms with Crippen LogP contribution in [0, 0.1) is 6.92 Å². The molecule has 0 saturated heterocycles. The van der Waals surface area contributed by atoms with Crippen LogP contribution in [0.4, 0.5) is 0 Å². The molecule has 0 bridgehead atoms. The first-order valence-corrected chi connectivity index (χ1v) is 4.99. The summed E-state index contributed by atoms with van der Waals surface area (Å²) in [7, 11) is 0. The summed E-state index contributed by atoms with van der Waals surface area (Å²) < 4.78 is 0. The predicted molar refractivity (Wildman–Crippen MR) is 55.7 cm³/mol. The van der Waals surface area contributed by atoms with Gasteiger partial charge < -0.3 is 5.11 Å². The molecule has 1 atom stereocenters. The van der Waals surface area contributed by atoms with E-state index in [4.69, 9.17) is 0 Å². The third-order valence-electron chi connectivity index (χ3n) is 2.38. The van der Waals surface area contributed by atoms with Crippen molar-refractivity contribution in [3.8, 4) is 0 Å². The van der Waals surface area contributed by atoms with Gasteiger partial charge in [0.2, 0.25) is 0 Å². The number of aryl methyl sites for hydroxylation is 1. The monoisotopic (exact) mass is 178 g/mol. The smallest absolute Gasteiger partial charge is 0.0792 e. The number of unbranched alkanes of at least 4 members (excludes halogenated alkanes) is 1. The summed E-state index contributed by atoms with van der Waals surface area (Å²) in [5.74, 6) is 0. The zero-order valence-corrected chi connectivity index (χ0v) is 8.46. The van der Waals surface area contributed by atoms with E-state index in [1.54, 1.807) is 0 Å². The van der Waals surface area contributed by atoms with Gasteiger partial charge in [-0.05, 0) is 24.5 Å². The Morgan fingerprint density at radius 2 is 2.00 bits per heavy atom. The Bertz CT molecular complexity index is 255. The van der Waals surface area contributed by atoms with E-state index in [0.29, 0.717) is 0 Å². The van der Waals surface area contributed by atoms with Crippen molar-refractivity contribution in [2.45, 2.75) is 39.2 Å². The van der Waals surface area contributed by atoms with Gasteiger partial charge in [0, 0.05) is 0 Å². The van der Waals surface area contributed by atoms with E-state index in [2.05, 4.69) is 6.92 Å². The molecular formula is C12H18O. The molecule has 0 saturated carbocycles. The van der Waals surface area contributed by atoms with Crippen LogP contribution in [-0.4, -0.2) is 5.11 Å². The zero-order chi connectivity index (χ0) is 9.68. The second kappa shape index (κ2) is 5.03. The lowest BCUT2D eigenvalue weighted by Gasteiger charge is -2.12. The average Bonchev–Trinajstić information content (AvgIpc) is 2.15. The molecule has 0 aliphatic carbocycles. The quantitative estimate of drug-likeness (QED) is 0.750. The Labute approximate surface area is 80.4 Å². The molecule has 0 heterocycles. The summed E-state index contributed by atoms with van der Waals surface area (Å²) in [4.78, 5) is 0. The standard InChI is InChI=1S/C12H18O/c1-3-4-9-12(13)11-8-6-5-7-10(11)2/h5-8,12-13H,3-4,9H2,1-2H3/t12-/m0/s1. The lowest BCUT2D eigenvalue weighted by atomic mass is 10.00. The molecule has 0 aliphatic heterocycles. The van der Waals surface area contributed by atoms with Crippen molar-refractivity contribution < 1.29 is 5.11 Å². The lowest BCUT2D eigenvalue weighted by molar-refractivity contribution is 0.163. The van der Waals surface area contributed by atoms with Crippen LogP contribution >= 0.6 is 0 Å². The Morgan fingerprint density at radius 3 is 2.62 bits per heavy atom. The van der Waals surface area contributed by atoms with Crippen LogP contribution in [0.1, 0.15) is 43.4 Å². The molecule has 0 amide bonds. The molecule has 1 nitrogen and oxygen atoms in total. The summed E-state index contributed by atoms with van der Waals surface area (Å²) >= 11 is 0. The van der Waals surface area contributed by atoms with Gasteiger partial charge in [-0.3, -0.25) is 0 Å². The van der Waals surface area contributed by atoms with E-state index in [-0.39, 0.29) is 6.10 Å². The van der Waals surface area contributed by atoms with Gasteiger partial charge in [0.25, 0.3) is 0 Å². The topological polar surface area (TPSA) is 20.2 Å². The van der Waals surface area contributed by atoms with E-state index in [1.807, 2.05) is 31.2 Å². The first-order chi connectivity index (χ1) is 6.25. The molecule has 13 heavy (non-hydrogen) atoms. The van der Waals surface area contributed by atoms with Crippen LogP contribution in [0.15, 0.2) is 24.3 Å². The van der Waals surface area contributed by atoms with E-state index in [9.17, 15) is 5.11 Å². The fourth-order valence-corrected chi connectivity index (χ4v) is 1.51. The third-order valence-corrected chi connectivity index (χ3v) is 2.38. The number of rotatable bonds is 4. The highest BCUT2D eigenvalue weighted by Gasteiger charge is 2.07. The van der Waals surface area contributed by atoms with Crippen LogP contribution in [0.2, 0.25) is 0 Å². The second-order valence-electron chi connectivity index (χ2n) is 3.51. The van der Waals surface area contributed by atoms with Gasteiger partial charge in [0.1, 0.15) is 0 Å². The molecule has 0 unspecified atom stereocenters. The molecule has 1 heteroatoms. The van der Waals surface area contributed by atoms with Gasteiger partial charge in [0.05, 0.1) is 6.10 Å². The first kappa shape index (κ1) is 10.3. The normalized spacial score (nSPS) is 12.8. The van der Waals surface area contributed by atoms with Crippen molar-refractivity contribution >= 4 is 0 Å². The van der Waals surface area contributed by atoms with Crippen molar-refractivity contribution in [1.82, 2.24) is 0 Å². The maximum atomic E-state index is 9.83. The minimum Gasteiger partial charge on any atom is -0.388 e. The van der Waals surface area contributed by atoms with Gasteiger partial charge in [-0.1, -0.05) is 44.0 Å². The molecule has 0 fully saturated rings. The van der Waals surface area contributed by atoms with Gasteiger partial charge >= 0.3 is 0 Å². The number of benzene rings is 1. The lowest BCUT2D eigenvalue weighted by Crippen LogP contribution is -1.99. The molecule has 1 N–H and O–H groups in total. The van der Waals surface area contributed by atoms with Crippen molar-refractivity contribution in [1.29, 1.82) is 0 Å². The van der Waals surface area contributed by atoms with Crippen LogP contribution < -0.4 is 0 Å². The molecule has 0 spiro atoms. The summed E-state index contributed by atoms with van der Waals surface area (Å²) in [6.45, 7) is 4.19. The molecule has 1 aromatic carbocycles. The largest absolute Gasteiger partial charge is 0.388 e. The fourth-order valence-electron chi connectivity index (χ4n) is 1.51. The van der Waals surface area contributed by atoms with Crippen molar-refractivity contribution in [3.05, 3.63) is 35.4 Å². The average molecular weight is 178 g/mol.